The first-order valence-electron chi connectivity index (χ1n) is 10.9. The number of fused-ring (bicyclic) bond motifs is 1. The number of nitrogens with zero attached hydrogens (tertiary/aromatic N) is 2. The number of likely N-dealkylation sites (tertiary alicyclic amines) is 1. The van der Waals surface area contributed by atoms with Crippen LogP contribution >= 0.6 is 0 Å². The van der Waals surface area contributed by atoms with Crippen molar-refractivity contribution < 1.29 is 23.9 Å². The number of methoxy groups -OCH3 is 1. The lowest BCUT2D eigenvalue weighted by molar-refractivity contribution is -0.151. The number of benzene rings is 1. The molecule has 31 heavy (non-hydrogen) atoms. The quantitative estimate of drug-likeness (QED) is 0.447. The van der Waals surface area contributed by atoms with Crippen LogP contribution in [0, 0.1) is 17.8 Å². The molecule has 3 unspecified atom stereocenters. The summed E-state index contributed by atoms with van der Waals surface area (Å²) < 4.78 is 10.9. The Bertz CT molecular complexity index is 807. The van der Waals surface area contributed by atoms with E-state index in [1.54, 1.807) is 31.2 Å². The third kappa shape index (κ3) is 5.09. The van der Waals surface area contributed by atoms with Crippen molar-refractivity contribution in [3.8, 4) is 11.5 Å². The van der Waals surface area contributed by atoms with Gasteiger partial charge in [0.25, 0.3) is 0 Å². The molecule has 0 saturated carbocycles. The van der Waals surface area contributed by atoms with E-state index in [4.69, 9.17) is 9.47 Å². The fourth-order valence-corrected chi connectivity index (χ4v) is 4.23. The van der Waals surface area contributed by atoms with Crippen molar-refractivity contribution in [3.63, 3.8) is 0 Å². The highest BCUT2D eigenvalue weighted by molar-refractivity contribution is 6.08. The van der Waals surface area contributed by atoms with Crippen LogP contribution in [0.4, 0.5) is 0 Å². The Morgan fingerprint density at radius 3 is 2.13 bits per heavy atom. The number of rotatable bonds is 9. The number of imide groups is 1. The molecule has 1 aromatic rings. The second-order valence-corrected chi connectivity index (χ2v) is 8.63. The molecular weight excluding hydrogens is 396 g/mol. The lowest BCUT2D eigenvalue weighted by Crippen LogP contribution is -2.51. The predicted molar refractivity (Wildman–Crippen MR) is 117 cm³/mol. The minimum absolute atomic E-state index is 0.166. The summed E-state index contributed by atoms with van der Waals surface area (Å²) in [5, 5.41) is 0. The molecule has 3 amide bonds. The largest absolute Gasteiger partial charge is 0.497 e. The number of hydrogen-bond donors (Lipinski definition) is 0. The van der Waals surface area contributed by atoms with Crippen molar-refractivity contribution in [1.82, 2.24) is 9.80 Å². The molecule has 1 saturated heterocycles. The van der Waals surface area contributed by atoms with Crippen molar-refractivity contribution in [2.24, 2.45) is 17.8 Å². The van der Waals surface area contributed by atoms with Crippen LogP contribution in [0.25, 0.3) is 0 Å². The van der Waals surface area contributed by atoms with Crippen LogP contribution in [0.15, 0.2) is 36.4 Å². The molecule has 2 aliphatic rings. The Labute approximate surface area is 184 Å². The van der Waals surface area contributed by atoms with E-state index in [0.29, 0.717) is 38.2 Å². The smallest absolute Gasteiger partial charge is 0.245 e. The molecule has 3 atom stereocenters. The van der Waals surface area contributed by atoms with Crippen LogP contribution in [-0.4, -0.2) is 60.9 Å². The summed E-state index contributed by atoms with van der Waals surface area (Å²) in [6, 6.07) is 6.46. The molecular formula is C24H32N2O5. The number of hydrogen-bond acceptors (Lipinski definition) is 5. The van der Waals surface area contributed by atoms with Gasteiger partial charge in [0.2, 0.25) is 17.7 Å². The number of amides is 3. The molecule has 7 heteroatoms. The SMILES string of the molecule is COc1ccc(OCCN(C)C(=O)C(CC(C)C)N2C(=O)C3CC=CCC3C2=O)cc1. The number of likely N-dealkylation sites (N-methyl/N-ethyl adjacent to an activating group) is 1. The summed E-state index contributed by atoms with van der Waals surface area (Å²) in [7, 11) is 3.29. The molecule has 0 spiro atoms. The first-order valence-corrected chi connectivity index (χ1v) is 10.9. The monoisotopic (exact) mass is 428 g/mol. The highest BCUT2D eigenvalue weighted by Gasteiger charge is 2.51. The Kier molecular flexibility index (Phi) is 7.36. The van der Waals surface area contributed by atoms with E-state index in [2.05, 4.69) is 0 Å². The van der Waals surface area contributed by atoms with E-state index >= 15 is 0 Å². The fraction of sp³-hybridized carbons (Fsp3) is 0.542. The van der Waals surface area contributed by atoms with Crippen molar-refractivity contribution >= 4 is 17.7 Å². The zero-order valence-corrected chi connectivity index (χ0v) is 18.7. The Hall–Kier alpha value is -2.83. The molecule has 0 bridgehead atoms. The third-order valence-electron chi connectivity index (χ3n) is 5.96. The van der Waals surface area contributed by atoms with Gasteiger partial charge in [-0.2, -0.15) is 0 Å². The Morgan fingerprint density at radius 1 is 1.06 bits per heavy atom. The normalized spacial score (nSPS) is 21.3. The van der Waals surface area contributed by atoms with Crippen LogP contribution in [0.5, 0.6) is 11.5 Å². The van der Waals surface area contributed by atoms with E-state index in [9.17, 15) is 14.4 Å². The lowest BCUT2D eigenvalue weighted by Gasteiger charge is -2.31. The van der Waals surface area contributed by atoms with Crippen molar-refractivity contribution in [2.45, 2.75) is 39.2 Å². The second kappa shape index (κ2) is 9.98. The van der Waals surface area contributed by atoms with Crippen LogP contribution in [0.2, 0.25) is 0 Å². The molecule has 1 fully saturated rings. The number of allylic oxidation sites excluding steroid dienone is 2. The summed E-state index contributed by atoms with van der Waals surface area (Å²) >= 11 is 0. The molecule has 7 nitrogen and oxygen atoms in total. The highest BCUT2D eigenvalue weighted by Crippen LogP contribution is 2.37. The molecule has 0 N–H and O–H groups in total. The van der Waals surface area contributed by atoms with Crippen molar-refractivity contribution in [1.29, 1.82) is 0 Å². The highest BCUT2D eigenvalue weighted by atomic mass is 16.5. The van der Waals surface area contributed by atoms with Gasteiger partial charge in [-0.1, -0.05) is 26.0 Å². The maximum Gasteiger partial charge on any atom is 0.245 e. The summed E-state index contributed by atoms with van der Waals surface area (Å²) in [5.41, 5.74) is 0. The van der Waals surface area contributed by atoms with Crippen LogP contribution in [0.3, 0.4) is 0 Å². The molecule has 168 valence electrons. The predicted octanol–water partition coefficient (Wildman–Crippen LogP) is 2.90. The fourth-order valence-electron chi connectivity index (χ4n) is 4.23. The second-order valence-electron chi connectivity index (χ2n) is 8.63. The Balaban J connectivity index is 1.64. The zero-order valence-electron chi connectivity index (χ0n) is 18.7. The first-order chi connectivity index (χ1) is 14.8. The third-order valence-corrected chi connectivity index (χ3v) is 5.96. The van der Waals surface area contributed by atoms with Gasteiger partial charge in [0.1, 0.15) is 24.1 Å². The van der Waals surface area contributed by atoms with E-state index in [1.807, 2.05) is 38.1 Å². The standard InChI is InChI=1S/C24H32N2O5/c1-16(2)15-21(26-22(27)19-7-5-6-8-20(19)23(26)28)24(29)25(3)13-14-31-18-11-9-17(30-4)10-12-18/h5-6,9-12,16,19-21H,7-8,13-15H2,1-4H3. The molecule has 1 aliphatic heterocycles. The molecule has 0 radical (unpaired) electrons. The van der Waals surface area contributed by atoms with Gasteiger partial charge < -0.3 is 14.4 Å². The Morgan fingerprint density at radius 2 is 1.61 bits per heavy atom. The van der Waals surface area contributed by atoms with Crippen molar-refractivity contribution in [3.05, 3.63) is 36.4 Å². The van der Waals surface area contributed by atoms with Gasteiger partial charge in [-0.3, -0.25) is 19.3 Å². The summed E-state index contributed by atoms with van der Waals surface area (Å²) in [6.07, 6.45) is 5.50. The number of carbonyl (C=O) groups is 3. The van der Waals surface area contributed by atoms with Gasteiger partial charge >= 0.3 is 0 Å². The van der Waals surface area contributed by atoms with Crippen LogP contribution in [-0.2, 0) is 14.4 Å². The molecule has 0 aromatic heterocycles. The molecule has 1 aromatic carbocycles. The van der Waals surface area contributed by atoms with Gasteiger partial charge in [0, 0.05) is 7.05 Å². The average Bonchev–Trinajstić information content (AvgIpc) is 3.02. The summed E-state index contributed by atoms with van der Waals surface area (Å²) in [5.74, 6) is 0.295. The van der Waals surface area contributed by atoms with E-state index in [1.165, 1.54) is 4.90 Å². The maximum absolute atomic E-state index is 13.3. The minimum atomic E-state index is -0.767. The molecule has 1 aliphatic carbocycles. The van der Waals surface area contributed by atoms with E-state index < -0.39 is 6.04 Å². The topological polar surface area (TPSA) is 76.2 Å². The van der Waals surface area contributed by atoms with Gasteiger partial charge in [0.05, 0.1) is 25.5 Å². The summed E-state index contributed by atoms with van der Waals surface area (Å²) in [6.45, 7) is 4.64. The number of ether oxygens (including phenoxy) is 2. The van der Waals surface area contributed by atoms with Gasteiger partial charge in [-0.25, -0.2) is 0 Å². The minimum Gasteiger partial charge on any atom is -0.497 e. The first kappa shape index (κ1) is 22.8. The summed E-state index contributed by atoms with van der Waals surface area (Å²) in [4.78, 5) is 42.1. The molecule has 1 heterocycles. The van der Waals surface area contributed by atoms with E-state index in [0.717, 1.165) is 5.75 Å². The van der Waals surface area contributed by atoms with E-state index in [-0.39, 0.29) is 35.5 Å². The van der Waals surface area contributed by atoms with Gasteiger partial charge in [-0.15, -0.1) is 0 Å². The van der Waals surface area contributed by atoms with Gasteiger partial charge in [0.15, 0.2) is 0 Å². The zero-order chi connectivity index (χ0) is 22.5. The van der Waals surface area contributed by atoms with Crippen LogP contribution < -0.4 is 9.47 Å². The van der Waals surface area contributed by atoms with Crippen LogP contribution in [0.1, 0.15) is 33.1 Å². The maximum atomic E-state index is 13.3. The number of carbonyl (C=O) groups excluding carboxylic acids is 3. The lowest BCUT2D eigenvalue weighted by atomic mass is 9.85. The van der Waals surface area contributed by atoms with Crippen molar-refractivity contribution in [2.75, 3.05) is 27.3 Å². The molecule has 3 rings (SSSR count). The van der Waals surface area contributed by atoms with Gasteiger partial charge in [-0.05, 0) is 49.4 Å². The average molecular weight is 429 g/mol.